The minimum atomic E-state index is -1.25. The van der Waals surface area contributed by atoms with Gasteiger partial charge in [-0.3, -0.25) is 9.78 Å². The van der Waals surface area contributed by atoms with Crippen LogP contribution in [0.5, 0.6) is 0 Å². The molecular formula is C20H31N3O2. The highest BCUT2D eigenvalue weighted by Gasteiger charge is 2.41. The molecule has 1 unspecified atom stereocenters. The first-order valence-electron chi connectivity index (χ1n) is 9.79. The van der Waals surface area contributed by atoms with Gasteiger partial charge in [0.25, 0.3) is 5.91 Å². The van der Waals surface area contributed by atoms with Crippen LogP contribution in [0.25, 0.3) is 0 Å². The summed E-state index contributed by atoms with van der Waals surface area (Å²) in [6.45, 7) is 2.54. The Labute approximate surface area is 150 Å². The first-order valence-corrected chi connectivity index (χ1v) is 9.79. The predicted molar refractivity (Wildman–Crippen MR) is 97.9 cm³/mol. The van der Waals surface area contributed by atoms with E-state index in [-0.39, 0.29) is 5.91 Å². The third-order valence-electron chi connectivity index (χ3n) is 5.73. The van der Waals surface area contributed by atoms with E-state index < -0.39 is 5.60 Å². The number of nitrogens with zero attached hydrogens (tertiary/aromatic N) is 2. The molecule has 2 N–H and O–H groups in total. The number of nitrogens with one attached hydrogen (secondary N) is 1. The summed E-state index contributed by atoms with van der Waals surface area (Å²) in [6, 6.07) is 3.88. The van der Waals surface area contributed by atoms with Crippen molar-refractivity contribution in [1.29, 1.82) is 0 Å². The first kappa shape index (κ1) is 18.3. The Balaban J connectivity index is 1.47. The zero-order chi connectivity index (χ0) is 17.5. The Morgan fingerprint density at radius 1 is 1.20 bits per heavy atom. The van der Waals surface area contributed by atoms with Crippen LogP contribution in [-0.2, 0) is 11.3 Å². The van der Waals surface area contributed by atoms with E-state index in [0.29, 0.717) is 19.5 Å². The average Bonchev–Trinajstić information content (AvgIpc) is 2.65. The molecule has 1 aromatic heterocycles. The van der Waals surface area contributed by atoms with Crippen molar-refractivity contribution in [3.8, 4) is 0 Å². The van der Waals surface area contributed by atoms with E-state index in [4.69, 9.17) is 0 Å². The van der Waals surface area contributed by atoms with Crippen LogP contribution in [0.4, 0.5) is 0 Å². The summed E-state index contributed by atoms with van der Waals surface area (Å²) in [5, 5.41) is 14.1. The Morgan fingerprint density at radius 2 is 1.96 bits per heavy atom. The van der Waals surface area contributed by atoms with Gasteiger partial charge >= 0.3 is 0 Å². The Morgan fingerprint density at radius 3 is 2.72 bits per heavy atom. The van der Waals surface area contributed by atoms with Crippen molar-refractivity contribution in [3.63, 3.8) is 0 Å². The SMILES string of the molecule is O=C1N(CCC2CCCCC2)CCCC1(O)CNCc1ccncc1. The van der Waals surface area contributed by atoms with Crippen LogP contribution in [0.2, 0.25) is 0 Å². The first-order chi connectivity index (χ1) is 12.2. The summed E-state index contributed by atoms with van der Waals surface area (Å²) in [4.78, 5) is 18.7. The standard InChI is InChI=1S/C20H31N3O2/c24-19-20(25,16-22-15-18-7-11-21-12-8-18)10-4-13-23(19)14-9-17-5-2-1-3-6-17/h7-8,11-12,17,22,25H,1-6,9-10,13-16H2. The van der Waals surface area contributed by atoms with Crippen LogP contribution < -0.4 is 5.32 Å². The lowest BCUT2D eigenvalue weighted by atomic mass is 9.86. The van der Waals surface area contributed by atoms with Gasteiger partial charge in [0, 0.05) is 38.6 Å². The average molecular weight is 345 g/mol. The van der Waals surface area contributed by atoms with Gasteiger partial charge in [-0.05, 0) is 42.9 Å². The molecule has 5 heteroatoms. The fourth-order valence-corrected chi connectivity index (χ4v) is 4.17. The molecule has 2 fully saturated rings. The number of hydrogen-bond donors (Lipinski definition) is 2. The van der Waals surface area contributed by atoms with Crippen LogP contribution in [0.15, 0.2) is 24.5 Å². The van der Waals surface area contributed by atoms with E-state index in [2.05, 4.69) is 10.3 Å². The molecule has 0 spiro atoms. The summed E-state index contributed by atoms with van der Waals surface area (Å²) >= 11 is 0. The highest BCUT2D eigenvalue weighted by Crippen LogP contribution is 2.28. The highest BCUT2D eigenvalue weighted by atomic mass is 16.3. The molecule has 1 aliphatic heterocycles. The number of aromatic nitrogens is 1. The Hall–Kier alpha value is -1.46. The monoisotopic (exact) mass is 345 g/mol. The molecule has 0 aromatic carbocycles. The number of carbonyl (C=O) groups excluding carboxylic acids is 1. The largest absolute Gasteiger partial charge is 0.379 e. The number of likely N-dealkylation sites (tertiary alicyclic amines) is 1. The predicted octanol–water partition coefficient (Wildman–Crippen LogP) is 2.50. The van der Waals surface area contributed by atoms with Crippen molar-refractivity contribution in [2.75, 3.05) is 19.6 Å². The second-order valence-corrected chi connectivity index (χ2v) is 7.68. The van der Waals surface area contributed by atoms with Gasteiger partial charge in [-0.1, -0.05) is 32.1 Å². The van der Waals surface area contributed by atoms with Crippen molar-refractivity contribution < 1.29 is 9.90 Å². The number of carbonyl (C=O) groups is 1. The van der Waals surface area contributed by atoms with Gasteiger partial charge in [0.2, 0.25) is 0 Å². The molecule has 2 aliphatic rings. The van der Waals surface area contributed by atoms with Crippen LogP contribution in [0.3, 0.4) is 0 Å². The molecule has 138 valence electrons. The van der Waals surface area contributed by atoms with Crippen molar-refractivity contribution in [3.05, 3.63) is 30.1 Å². The van der Waals surface area contributed by atoms with E-state index in [1.165, 1.54) is 32.1 Å². The molecule has 1 saturated carbocycles. The number of aliphatic hydroxyl groups is 1. The molecule has 25 heavy (non-hydrogen) atoms. The molecule has 2 heterocycles. The van der Waals surface area contributed by atoms with Gasteiger partial charge < -0.3 is 15.3 Å². The maximum Gasteiger partial charge on any atom is 0.255 e. The Kier molecular flexibility index (Phi) is 6.43. The van der Waals surface area contributed by atoms with Crippen molar-refractivity contribution in [1.82, 2.24) is 15.2 Å². The molecule has 0 radical (unpaired) electrons. The molecule has 5 nitrogen and oxygen atoms in total. The van der Waals surface area contributed by atoms with Crippen molar-refractivity contribution in [2.45, 2.75) is 63.5 Å². The molecule has 1 aromatic rings. The van der Waals surface area contributed by atoms with Crippen LogP contribution in [0.1, 0.15) is 56.9 Å². The molecule has 1 amide bonds. The fourth-order valence-electron chi connectivity index (χ4n) is 4.17. The lowest BCUT2D eigenvalue weighted by molar-refractivity contribution is -0.156. The number of rotatable bonds is 7. The highest BCUT2D eigenvalue weighted by molar-refractivity contribution is 5.86. The maximum absolute atomic E-state index is 12.8. The van der Waals surface area contributed by atoms with Crippen molar-refractivity contribution in [2.24, 2.45) is 5.92 Å². The van der Waals surface area contributed by atoms with Gasteiger partial charge in [0.1, 0.15) is 0 Å². The second kappa shape index (κ2) is 8.77. The molecule has 1 saturated heterocycles. The fraction of sp³-hybridized carbons (Fsp3) is 0.700. The van der Waals surface area contributed by atoms with Gasteiger partial charge in [0.05, 0.1) is 0 Å². The van der Waals surface area contributed by atoms with Crippen LogP contribution in [0, 0.1) is 5.92 Å². The van der Waals surface area contributed by atoms with Crippen LogP contribution in [-0.4, -0.2) is 46.1 Å². The van der Waals surface area contributed by atoms with Crippen molar-refractivity contribution >= 4 is 5.91 Å². The number of piperidine rings is 1. The van der Waals surface area contributed by atoms with E-state index in [1.807, 2.05) is 17.0 Å². The summed E-state index contributed by atoms with van der Waals surface area (Å²) in [5.74, 6) is 0.679. The lowest BCUT2D eigenvalue weighted by Crippen LogP contribution is -2.58. The van der Waals surface area contributed by atoms with Gasteiger partial charge in [-0.2, -0.15) is 0 Å². The van der Waals surface area contributed by atoms with E-state index >= 15 is 0 Å². The smallest absolute Gasteiger partial charge is 0.255 e. The van der Waals surface area contributed by atoms with Gasteiger partial charge in [-0.25, -0.2) is 0 Å². The maximum atomic E-state index is 12.8. The topological polar surface area (TPSA) is 65.5 Å². The summed E-state index contributed by atoms with van der Waals surface area (Å²) in [5.41, 5.74) is -0.145. The van der Waals surface area contributed by atoms with Gasteiger partial charge in [0.15, 0.2) is 5.60 Å². The Bertz CT molecular complexity index is 545. The molecule has 3 rings (SSSR count). The van der Waals surface area contributed by atoms with Gasteiger partial charge in [-0.15, -0.1) is 0 Å². The molecule has 0 bridgehead atoms. The number of amides is 1. The third kappa shape index (κ3) is 5.02. The number of hydrogen-bond acceptors (Lipinski definition) is 4. The zero-order valence-electron chi connectivity index (χ0n) is 15.1. The second-order valence-electron chi connectivity index (χ2n) is 7.68. The molecule has 1 atom stereocenters. The minimum Gasteiger partial charge on any atom is -0.379 e. The van der Waals surface area contributed by atoms with E-state index in [0.717, 1.165) is 37.4 Å². The quantitative estimate of drug-likeness (QED) is 0.797. The number of pyridine rings is 1. The summed E-state index contributed by atoms with van der Waals surface area (Å²) < 4.78 is 0. The molecular weight excluding hydrogens is 314 g/mol. The summed E-state index contributed by atoms with van der Waals surface area (Å²) in [7, 11) is 0. The van der Waals surface area contributed by atoms with E-state index in [1.54, 1.807) is 12.4 Å². The zero-order valence-corrected chi connectivity index (χ0v) is 15.1. The summed E-state index contributed by atoms with van der Waals surface area (Å²) in [6.07, 6.45) is 12.7. The van der Waals surface area contributed by atoms with E-state index in [9.17, 15) is 9.90 Å². The normalized spacial score (nSPS) is 25.3. The third-order valence-corrected chi connectivity index (χ3v) is 5.73. The van der Waals surface area contributed by atoms with Crippen LogP contribution >= 0.6 is 0 Å². The lowest BCUT2D eigenvalue weighted by Gasteiger charge is -2.39. The molecule has 1 aliphatic carbocycles. The minimum absolute atomic E-state index is 0.0863.